The number of carbonyl (C=O) groups excluding carboxylic acids is 1. The van der Waals surface area contributed by atoms with Crippen molar-refractivity contribution in [3.05, 3.63) is 59.4 Å². The second-order valence-corrected chi connectivity index (χ2v) is 6.56. The Hall–Kier alpha value is -2.60. The number of hydrogen-bond acceptors (Lipinski definition) is 3. The Kier molecular flexibility index (Phi) is 4.05. The van der Waals surface area contributed by atoms with E-state index in [1.54, 1.807) is 0 Å². The number of rotatable bonds is 4. The van der Waals surface area contributed by atoms with Crippen LogP contribution in [0.5, 0.6) is 0 Å². The molecule has 0 bridgehead atoms. The summed E-state index contributed by atoms with van der Waals surface area (Å²) in [6.07, 6.45) is 6.35. The van der Waals surface area contributed by atoms with Crippen molar-refractivity contribution < 1.29 is 9.90 Å². The predicted octanol–water partition coefficient (Wildman–Crippen LogP) is 1.72. The van der Waals surface area contributed by atoms with E-state index in [2.05, 4.69) is 14.9 Å². The van der Waals surface area contributed by atoms with Crippen LogP contribution in [-0.2, 0) is 19.4 Å². The number of nitrogens with one attached hydrogen (secondary N) is 1. The number of carbonyl (C=O) groups is 1. The van der Waals surface area contributed by atoms with Crippen LogP contribution in [0.1, 0.15) is 34.0 Å². The number of aromatic nitrogens is 3. The lowest BCUT2D eigenvalue weighted by atomic mass is 9.95. The number of nitrogens with zero attached hydrogens (tertiary/aromatic N) is 3. The summed E-state index contributed by atoms with van der Waals surface area (Å²) in [5.74, 6) is 0.901. The van der Waals surface area contributed by atoms with E-state index in [1.165, 1.54) is 5.69 Å². The maximum atomic E-state index is 12.7. The molecule has 1 atom stereocenters. The van der Waals surface area contributed by atoms with Crippen molar-refractivity contribution in [1.82, 2.24) is 19.3 Å². The van der Waals surface area contributed by atoms with E-state index in [1.807, 2.05) is 48.0 Å². The van der Waals surface area contributed by atoms with Gasteiger partial charge in [-0.15, -0.1) is 0 Å². The third kappa shape index (κ3) is 2.82. The molecule has 4 rings (SSSR count). The van der Waals surface area contributed by atoms with Crippen LogP contribution in [0, 0.1) is 6.92 Å². The number of aliphatic hydroxyl groups is 1. The number of amides is 1. The van der Waals surface area contributed by atoms with Gasteiger partial charge < -0.3 is 19.4 Å². The highest BCUT2D eigenvalue weighted by Gasteiger charge is 2.26. The molecule has 3 aromatic heterocycles. The average Bonchev–Trinajstić information content (AvgIpc) is 3.16. The average molecular weight is 338 g/mol. The molecule has 130 valence electrons. The monoisotopic (exact) mass is 338 g/mol. The molecule has 0 saturated carbocycles. The highest BCUT2D eigenvalue weighted by atomic mass is 16.3. The lowest BCUT2D eigenvalue weighted by molar-refractivity contribution is 0.0935. The van der Waals surface area contributed by atoms with Gasteiger partial charge >= 0.3 is 0 Å². The topological polar surface area (TPSA) is 71.6 Å². The number of imidazole rings is 1. The van der Waals surface area contributed by atoms with Gasteiger partial charge in [-0.1, -0.05) is 6.07 Å². The molecule has 0 radical (unpaired) electrons. The van der Waals surface area contributed by atoms with Crippen LogP contribution < -0.4 is 5.32 Å². The second kappa shape index (κ2) is 6.37. The lowest BCUT2D eigenvalue weighted by Crippen LogP contribution is -2.39. The van der Waals surface area contributed by atoms with Crippen LogP contribution in [0.25, 0.3) is 5.52 Å². The van der Waals surface area contributed by atoms with Crippen LogP contribution >= 0.6 is 0 Å². The SMILES string of the molecule is Cc1nc2c(n1CCO)CC[C@H](NC(=O)c1ccn3ccccc13)C2. The summed E-state index contributed by atoms with van der Waals surface area (Å²) in [7, 11) is 0. The smallest absolute Gasteiger partial charge is 0.253 e. The van der Waals surface area contributed by atoms with Crippen molar-refractivity contribution in [2.45, 2.75) is 38.8 Å². The minimum atomic E-state index is -0.0336. The van der Waals surface area contributed by atoms with Gasteiger partial charge in [-0.25, -0.2) is 4.98 Å². The molecule has 1 amide bonds. The number of fused-ring (bicyclic) bond motifs is 2. The van der Waals surface area contributed by atoms with Crippen LogP contribution in [0.2, 0.25) is 0 Å². The van der Waals surface area contributed by atoms with Crippen molar-refractivity contribution in [2.75, 3.05) is 6.61 Å². The predicted molar refractivity (Wildman–Crippen MR) is 94.7 cm³/mol. The molecule has 0 spiro atoms. The van der Waals surface area contributed by atoms with Gasteiger partial charge in [0.25, 0.3) is 5.91 Å². The number of aryl methyl sites for hydroxylation is 1. The van der Waals surface area contributed by atoms with E-state index in [4.69, 9.17) is 0 Å². The molecule has 6 heteroatoms. The van der Waals surface area contributed by atoms with E-state index in [-0.39, 0.29) is 18.6 Å². The minimum Gasteiger partial charge on any atom is -0.395 e. The molecule has 0 aliphatic heterocycles. The zero-order chi connectivity index (χ0) is 17.4. The summed E-state index contributed by atoms with van der Waals surface area (Å²) in [5.41, 5.74) is 3.86. The van der Waals surface area contributed by atoms with E-state index < -0.39 is 0 Å². The van der Waals surface area contributed by atoms with Gasteiger partial charge in [0.15, 0.2) is 0 Å². The highest BCUT2D eigenvalue weighted by molar-refractivity contribution is 6.01. The first-order chi connectivity index (χ1) is 12.2. The summed E-state index contributed by atoms with van der Waals surface area (Å²) < 4.78 is 4.04. The molecule has 0 aromatic carbocycles. The highest BCUT2D eigenvalue weighted by Crippen LogP contribution is 2.23. The van der Waals surface area contributed by atoms with Crippen molar-refractivity contribution in [1.29, 1.82) is 0 Å². The Bertz CT molecular complexity index is 925. The molecule has 2 N–H and O–H groups in total. The number of aliphatic hydroxyl groups excluding tert-OH is 1. The van der Waals surface area contributed by atoms with Gasteiger partial charge in [0.05, 0.1) is 23.4 Å². The third-order valence-electron chi connectivity index (χ3n) is 4.99. The molecule has 6 nitrogen and oxygen atoms in total. The zero-order valence-corrected chi connectivity index (χ0v) is 14.3. The third-order valence-corrected chi connectivity index (χ3v) is 4.99. The Balaban J connectivity index is 1.51. The molecule has 0 unspecified atom stereocenters. The maximum Gasteiger partial charge on any atom is 0.253 e. The van der Waals surface area contributed by atoms with Gasteiger partial charge in [0.2, 0.25) is 0 Å². The molecule has 1 aliphatic rings. The van der Waals surface area contributed by atoms with E-state index in [0.717, 1.165) is 36.3 Å². The molecule has 3 aromatic rings. The van der Waals surface area contributed by atoms with Gasteiger partial charge in [0.1, 0.15) is 5.82 Å². The first-order valence-corrected chi connectivity index (χ1v) is 8.69. The fourth-order valence-electron chi connectivity index (χ4n) is 3.79. The number of pyridine rings is 1. The van der Waals surface area contributed by atoms with Crippen LogP contribution in [0.15, 0.2) is 36.7 Å². The maximum absolute atomic E-state index is 12.7. The Morgan fingerprint density at radius 2 is 2.24 bits per heavy atom. The molecule has 25 heavy (non-hydrogen) atoms. The Labute approximate surface area is 146 Å². The molecule has 3 heterocycles. The minimum absolute atomic E-state index is 0.0336. The standard InChI is InChI=1S/C19H22N4O2/c1-13-20-16-12-14(5-6-18(16)23(13)10-11-24)21-19(25)15-7-9-22-8-3-2-4-17(15)22/h2-4,7-9,14,24H,5-6,10-12H2,1H3,(H,21,25)/t14-/m0/s1. The van der Waals surface area contributed by atoms with Crippen LogP contribution in [-0.4, -0.2) is 37.6 Å². The molecular formula is C19H22N4O2. The van der Waals surface area contributed by atoms with Crippen LogP contribution in [0.3, 0.4) is 0 Å². The molecule has 0 saturated heterocycles. The summed E-state index contributed by atoms with van der Waals surface area (Å²) >= 11 is 0. The summed E-state index contributed by atoms with van der Waals surface area (Å²) in [5, 5.41) is 12.4. The van der Waals surface area contributed by atoms with Gasteiger partial charge in [-0.2, -0.15) is 0 Å². The van der Waals surface area contributed by atoms with E-state index >= 15 is 0 Å². The normalized spacial score (nSPS) is 16.8. The van der Waals surface area contributed by atoms with Gasteiger partial charge in [0, 0.05) is 37.1 Å². The van der Waals surface area contributed by atoms with Gasteiger partial charge in [-0.3, -0.25) is 4.79 Å². The first-order valence-electron chi connectivity index (χ1n) is 8.69. The van der Waals surface area contributed by atoms with E-state index in [0.29, 0.717) is 12.1 Å². The van der Waals surface area contributed by atoms with Crippen molar-refractivity contribution in [3.8, 4) is 0 Å². The fourth-order valence-corrected chi connectivity index (χ4v) is 3.79. The Morgan fingerprint density at radius 3 is 3.08 bits per heavy atom. The van der Waals surface area contributed by atoms with Crippen molar-refractivity contribution in [2.24, 2.45) is 0 Å². The van der Waals surface area contributed by atoms with Gasteiger partial charge in [-0.05, 0) is 38.0 Å². The lowest BCUT2D eigenvalue weighted by Gasteiger charge is -2.23. The molecule has 0 fully saturated rings. The Morgan fingerprint density at radius 1 is 1.36 bits per heavy atom. The van der Waals surface area contributed by atoms with E-state index in [9.17, 15) is 9.90 Å². The van der Waals surface area contributed by atoms with Crippen LogP contribution in [0.4, 0.5) is 0 Å². The van der Waals surface area contributed by atoms with Crippen molar-refractivity contribution >= 4 is 11.4 Å². The summed E-state index contributed by atoms with van der Waals surface area (Å²) in [4.78, 5) is 17.3. The summed E-state index contributed by atoms with van der Waals surface area (Å²) in [6.45, 7) is 2.67. The quantitative estimate of drug-likeness (QED) is 0.761. The summed E-state index contributed by atoms with van der Waals surface area (Å²) in [6, 6.07) is 7.79. The first kappa shape index (κ1) is 15.9. The second-order valence-electron chi connectivity index (χ2n) is 6.56. The fraction of sp³-hybridized carbons (Fsp3) is 0.368. The molecular weight excluding hydrogens is 316 g/mol. The number of hydrogen-bond donors (Lipinski definition) is 2. The zero-order valence-electron chi connectivity index (χ0n) is 14.3. The largest absolute Gasteiger partial charge is 0.395 e. The molecule has 1 aliphatic carbocycles. The van der Waals surface area contributed by atoms with Crippen molar-refractivity contribution in [3.63, 3.8) is 0 Å².